The van der Waals surface area contributed by atoms with Crippen LogP contribution in [0.2, 0.25) is 0 Å². The van der Waals surface area contributed by atoms with Gasteiger partial charge in [0.25, 0.3) is 0 Å². The van der Waals surface area contributed by atoms with E-state index in [1.165, 1.54) is 13.8 Å². The Hall–Kier alpha value is -2.18. The van der Waals surface area contributed by atoms with Crippen LogP contribution in [0.25, 0.3) is 0 Å². The number of thioether (sulfide) groups is 1. The Labute approximate surface area is 315 Å². The molecular weight excluding hydrogens is 807 g/mol. The topological polar surface area (TPSA) is 381 Å². The summed E-state index contributed by atoms with van der Waals surface area (Å²) in [6.07, 6.45) is -5.64. The maximum Gasteiger partial charge on any atom is 0.481 e. The molecule has 8 atom stereocenters. The predicted molar refractivity (Wildman–Crippen MR) is 193 cm³/mol. The molecule has 0 saturated carbocycles. The van der Waals surface area contributed by atoms with Crippen LogP contribution >= 0.6 is 35.2 Å². The van der Waals surface area contributed by atoms with Gasteiger partial charge >= 0.3 is 23.5 Å². The fraction of sp³-hybridized carbons (Fsp3) is 0.769. The summed E-state index contributed by atoms with van der Waals surface area (Å²) in [5, 5.41) is 35.2. The van der Waals surface area contributed by atoms with Gasteiger partial charge in [-0.1, -0.05) is 45.9 Å². The molecule has 0 aromatic heterocycles. The van der Waals surface area contributed by atoms with E-state index in [1.807, 2.05) is 13.8 Å². The fourth-order valence-electron chi connectivity index (χ4n) is 4.23. The largest absolute Gasteiger partial charge is 0.481 e. The zero-order chi connectivity index (χ0) is 41.3. The van der Waals surface area contributed by atoms with Crippen molar-refractivity contribution in [3.8, 4) is 0 Å². The number of hydrogen-bond acceptors (Lipinski definition) is 16. The number of nitrogens with two attached hydrogens (primary N) is 1. The fourth-order valence-corrected chi connectivity index (χ4v) is 7.87. The van der Waals surface area contributed by atoms with Gasteiger partial charge < -0.3 is 56.2 Å². The maximum absolute atomic E-state index is 12.5. The normalized spacial score (nSPS) is 22.9. The zero-order valence-corrected chi connectivity index (χ0v) is 33.4. The first-order valence-electron chi connectivity index (χ1n) is 16.1. The second-order valence-electron chi connectivity index (χ2n) is 12.3. The summed E-state index contributed by atoms with van der Waals surface area (Å²) in [4.78, 5) is 82.4. The van der Waals surface area contributed by atoms with Gasteiger partial charge in [0.15, 0.2) is 11.3 Å². The van der Waals surface area contributed by atoms with Crippen molar-refractivity contribution in [2.45, 2.75) is 77.6 Å². The van der Waals surface area contributed by atoms with Crippen molar-refractivity contribution in [3.05, 3.63) is 0 Å². The third-order valence-electron chi connectivity index (χ3n) is 7.05. The average molecular weight is 858 g/mol. The van der Waals surface area contributed by atoms with Gasteiger partial charge in [-0.25, -0.2) is 18.7 Å². The van der Waals surface area contributed by atoms with Crippen molar-refractivity contribution in [1.29, 1.82) is 5.41 Å². The van der Waals surface area contributed by atoms with Gasteiger partial charge in [-0.15, -0.1) is 0 Å². The monoisotopic (exact) mass is 857 g/mol. The van der Waals surface area contributed by atoms with Gasteiger partial charge in [-0.2, -0.15) is 4.31 Å². The lowest BCUT2D eigenvalue weighted by atomic mass is 9.87. The van der Waals surface area contributed by atoms with E-state index < -0.39 is 84.6 Å². The smallest absolute Gasteiger partial charge is 0.386 e. The summed E-state index contributed by atoms with van der Waals surface area (Å²) in [5.74, 6) is -1.16. The van der Waals surface area contributed by atoms with Gasteiger partial charge in [0.05, 0.1) is 26.1 Å². The van der Waals surface area contributed by atoms with Crippen LogP contribution < -0.4 is 21.7 Å². The molecular formula is C26H50N7O17P3S. The molecule has 0 aromatic rings. The van der Waals surface area contributed by atoms with Gasteiger partial charge in [-0.3, -0.25) is 38.4 Å². The minimum absolute atomic E-state index is 0.0334. The van der Waals surface area contributed by atoms with Gasteiger partial charge in [-0.05, 0) is 6.42 Å². The maximum atomic E-state index is 12.5. The molecule has 1 saturated heterocycles. The number of amidine groups is 1. The molecule has 1 rings (SSSR count). The van der Waals surface area contributed by atoms with E-state index in [4.69, 9.17) is 20.4 Å². The number of aliphatic hydroxyl groups is 2. The molecule has 54 heavy (non-hydrogen) atoms. The van der Waals surface area contributed by atoms with Crippen LogP contribution in [-0.4, -0.2) is 134 Å². The molecule has 2 unspecified atom stereocenters. The number of nitrogens with one attached hydrogen (secondary N) is 4. The number of aliphatic imine (C=N–C) groups is 2. The summed E-state index contributed by atoms with van der Waals surface area (Å²) in [6.45, 7) is 4.15. The number of amides is 2. The van der Waals surface area contributed by atoms with E-state index >= 15 is 0 Å². The van der Waals surface area contributed by atoms with E-state index in [-0.39, 0.29) is 42.9 Å². The Morgan fingerprint density at radius 1 is 1.09 bits per heavy atom. The minimum atomic E-state index is -5.54. The summed E-state index contributed by atoms with van der Waals surface area (Å²) in [5.41, 5.74) is 3.85. The summed E-state index contributed by atoms with van der Waals surface area (Å²) in [7, 11) is -16.3. The summed E-state index contributed by atoms with van der Waals surface area (Å²) >= 11 is 1.12. The van der Waals surface area contributed by atoms with E-state index in [0.29, 0.717) is 12.1 Å². The highest BCUT2D eigenvalue weighted by Gasteiger charge is 2.49. The van der Waals surface area contributed by atoms with Crippen LogP contribution in [-0.2, 0) is 50.7 Å². The lowest BCUT2D eigenvalue weighted by Crippen LogP contribution is -2.46. The van der Waals surface area contributed by atoms with Crippen LogP contribution in [0.4, 0.5) is 0 Å². The van der Waals surface area contributed by atoms with Crippen LogP contribution in [0.1, 0.15) is 47.0 Å². The Morgan fingerprint density at radius 2 is 1.74 bits per heavy atom. The van der Waals surface area contributed by atoms with Crippen molar-refractivity contribution in [3.63, 3.8) is 0 Å². The van der Waals surface area contributed by atoms with Crippen LogP contribution in [0, 0.1) is 16.7 Å². The number of carbonyl (C=O) groups is 3. The molecule has 1 aliphatic heterocycles. The van der Waals surface area contributed by atoms with Gasteiger partial charge in [0.2, 0.25) is 11.8 Å². The molecule has 1 heterocycles. The third kappa shape index (κ3) is 19.6. The number of carbonyl (C=O) groups excluding carboxylic acids is 3. The summed E-state index contributed by atoms with van der Waals surface area (Å²) in [6, 6.07) is 0. The number of aliphatic hydroxyl groups excluding tert-OH is 2. The van der Waals surface area contributed by atoms with Crippen molar-refractivity contribution in [2.75, 3.05) is 38.6 Å². The lowest BCUT2D eigenvalue weighted by molar-refractivity contribution is -0.137. The first kappa shape index (κ1) is 49.8. The molecule has 28 heteroatoms. The van der Waals surface area contributed by atoms with Crippen LogP contribution in [0.3, 0.4) is 0 Å². The Bertz CT molecular complexity index is 1470. The minimum Gasteiger partial charge on any atom is -0.386 e. The second-order valence-corrected chi connectivity index (χ2v) is 17.6. The Kier molecular flexibility index (Phi) is 21.4. The first-order valence-corrected chi connectivity index (χ1v) is 21.6. The highest BCUT2D eigenvalue weighted by Crippen LogP contribution is 2.61. The molecule has 0 aliphatic carbocycles. The van der Waals surface area contributed by atoms with E-state index in [2.05, 4.69) is 39.3 Å². The number of nitrogens with zero attached hydrogens (tertiary/aromatic N) is 2. The van der Waals surface area contributed by atoms with Crippen molar-refractivity contribution in [1.82, 2.24) is 16.0 Å². The number of phosphoric acid groups is 3. The molecule has 0 aromatic carbocycles. The van der Waals surface area contributed by atoms with Crippen molar-refractivity contribution >= 4 is 70.7 Å². The van der Waals surface area contributed by atoms with Crippen molar-refractivity contribution < 1.29 is 80.5 Å². The Morgan fingerprint density at radius 3 is 2.35 bits per heavy atom. The molecule has 0 radical (unpaired) electrons. The second kappa shape index (κ2) is 23.1. The SMILES string of the molecule is CCC[C@@H](C)C(=O)SCCNC(=O)CCNC(=O)[C@H](O)C(C)(C)COP(=O)(O)OP(=O)(O)OC[C@H]1O[C@@H](NC=NCC(N)=NC=N)[C@H](O)[C@@H]1OP(=O)(O)O. The molecule has 1 fully saturated rings. The number of ether oxygens (including phenoxy) is 1. The molecule has 312 valence electrons. The molecule has 0 bridgehead atoms. The molecule has 12 N–H and O–H groups in total. The third-order valence-corrected chi connectivity index (χ3v) is 11.2. The van der Waals surface area contributed by atoms with Gasteiger partial charge in [0.1, 0.15) is 36.6 Å². The molecule has 24 nitrogen and oxygen atoms in total. The van der Waals surface area contributed by atoms with Crippen LogP contribution in [0.15, 0.2) is 9.98 Å². The lowest BCUT2D eigenvalue weighted by Gasteiger charge is -2.30. The first-order chi connectivity index (χ1) is 24.9. The number of phosphoric ester groups is 3. The Balaban J connectivity index is 2.65. The van der Waals surface area contributed by atoms with Crippen molar-refractivity contribution in [2.24, 2.45) is 27.1 Å². The highest BCUT2D eigenvalue weighted by atomic mass is 32.2. The van der Waals surface area contributed by atoms with E-state index in [0.717, 1.165) is 30.9 Å². The number of rotatable bonds is 26. The van der Waals surface area contributed by atoms with Gasteiger partial charge in [0, 0.05) is 36.6 Å². The standard InChI is InChI=1S/C26H50N7O17P3S/c1-5-6-16(2)25(38)54-10-9-30-19(34)7-8-31-23(37)22(36)26(3,4)13-47-53(44,45)50-52(42,43)46-12-17-21(49-51(39,40)41)20(35)24(48-17)33-15-29-11-18(28)32-14-27/h14-17,20-22,24,35-36H,5-13H2,1-4H3,(H,29,33)(H,30,34)(H,31,37)(H,42,43)(H,44,45)(H3,27,28,32)(H2,39,40,41)/t16-,17-,20-,21-,22+,24-/m1/s1. The number of hydrogen-bond donors (Lipinski definition) is 11. The molecule has 0 spiro atoms. The van der Waals surface area contributed by atoms with E-state index in [9.17, 15) is 57.9 Å². The summed E-state index contributed by atoms with van der Waals surface area (Å²) < 4.78 is 60.0. The zero-order valence-electron chi connectivity index (χ0n) is 29.9. The highest BCUT2D eigenvalue weighted by molar-refractivity contribution is 8.13. The van der Waals surface area contributed by atoms with Crippen LogP contribution in [0.5, 0.6) is 0 Å². The van der Waals surface area contributed by atoms with E-state index in [1.54, 1.807) is 0 Å². The average Bonchev–Trinajstić information content (AvgIpc) is 3.34. The quantitative estimate of drug-likeness (QED) is 0.0217. The molecule has 1 aliphatic rings. The molecule has 2 amide bonds. The predicted octanol–water partition coefficient (Wildman–Crippen LogP) is -0.912.